The fourth-order valence-corrected chi connectivity index (χ4v) is 3.04. The molecule has 2 N–H and O–H groups in total. The van der Waals surface area contributed by atoms with E-state index in [0.29, 0.717) is 0 Å². The fourth-order valence-electron chi connectivity index (χ4n) is 3.04. The molecule has 20 heavy (non-hydrogen) atoms. The molecule has 1 aliphatic heterocycles. The van der Waals surface area contributed by atoms with Crippen LogP contribution in [0.3, 0.4) is 0 Å². The van der Waals surface area contributed by atoms with Gasteiger partial charge >= 0.3 is 0 Å². The monoisotopic (exact) mass is 270 g/mol. The third-order valence-corrected chi connectivity index (χ3v) is 4.07. The van der Waals surface area contributed by atoms with Crippen molar-refractivity contribution in [2.75, 3.05) is 11.4 Å². The number of nitrogens with two attached hydrogens (primary N) is 1. The van der Waals surface area contributed by atoms with Crippen molar-refractivity contribution in [2.45, 2.75) is 32.4 Å². The van der Waals surface area contributed by atoms with E-state index in [2.05, 4.69) is 40.3 Å². The average molecular weight is 270 g/mol. The fraction of sp³-hybridized carbons (Fsp3) is 0.438. The van der Waals surface area contributed by atoms with Crippen molar-refractivity contribution in [2.24, 2.45) is 12.8 Å². The van der Waals surface area contributed by atoms with Gasteiger partial charge < -0.3 is 10.6 Å². The van der Waals surface area contributed by atoms with Crippen LogP contribution in [-0.4, -0.2) is 16.3 Å². The highest BCUT2D eigenvalue weighted by molar-refractivity contribution is 5.55. The molecule has 2 heterocycles. The molecule has 1 unspecified atom stereocenters. The maximum Gasteiger partial charge on any atom is 0.0599 e. The Bertz CT molecular complexity index is 602. The lowest BCUT2D eigenvalue weighted by molar-refractivity contribution is 0.618. The number of hydrogen-bond donors (Lipinski definition) is 1. The van der Waals surface area contributed by atoms with E-state index in [9.17, 15) is 0 Å². The average Bonchev–Trinajstić information content (AvgIpc) is 2.66. The maximum atomic E-state index is 6.29. The standard InChI is InChI=1S/C16H22N4/c1-12-10-13(19(2)18-12)11-20-9-5-7-15(17)14-6-3-4-8-16(14)20/h3-4,6,8,10,15H,5,7,9,11,17H2,1-2H3. The molecule has 0 bridgehead atoms. The van der Waals surface area contributed by atoms with Crippen LogP contribution in [0.5, 0.6) is 0 Å². The summed E-state index contributed by atoms with van der Waals surface area (Å²) in [5, 5.41) is 4.44. The molecule has 0 saturated heterocycles. The summed E-state index contributed by atoms with van der Waals surface area (Å²) in [6, 6.07) is 10.8. The van der Waals surface area contributed by atoms with Gasteiger partial charge in [0, 0.05) is 25.3 Å². The number of nitrogens with zero attached hydrogens (tertiary/aromatic N) is 3. The van der Waals surface area contributed by atoms with Gasteiger partial charge in [-0.3, -0.25) is 4.68 Å². The summed E-state index contributed by atoms with van der Waals surface area (Å²) in [5.41, 5.74) is 11.1. The SMILES string of the molecule is Cc1cc(CN2CCCC(N)c3ccccc32)n(C)n1. The minimum atomic E-state index is 0.157. The van der Waals surface area contributed by atoms with Crippen LogP contribution >= 0.6 is 0 Å². The highest BCUT2D eigenvalue weighted by Crippen LogP contribution is 2.32. The van der Waals surface area contributed by atoms with Crippen molar-refractivity contribution in [3.63, 3.8) is 0 Å². The van der Waals surface area contributed by atoms with E-state index in [1.807, 2.05) is 18.7 Å². The molecule has 1 aliphatic rings. The molecule has 3 rings (SSSR count). The van der Waals surface area contributed by atoms with E-state index in [1.165, 1.54) is 16.9 Å². The molecule has 0 fully saturated rings. The van der Waals surface area contributed by atoms with Gasteiger partial charge in [-0.25, -0.2) is 0 Å². The summed E-state index contributed by atoms with van der Waals surface area (Å²) in [6.45, 7) is 3.98. The molecule has 1 atom stereocenters. The van der Waals surface area contributed by atoms with Crippen molar-refractivity contribution in [1.29, 1.82) is 0 Å². The second-order valence-corrected chi connectivity index (χ2v) is 5.63. The first-order valence-corrected chi connectivity index (χ1v) is 7.24. The lowest BCUT2D eigenvalue weighted by Crippen LogP contribution is -2.25. The quantitative estimate of drug-likeness (QED) is 0.912. The van der Waals surface area contributed by atoms with Gasteiger partial charge in [0.2, 0.25) is 0 Å². The second kappa shape index (κ2) is 5.29. The second-order valence-electron chi connectivity index (χ2n) is 5.63. The molecule has 1 aromatic carbocycles. The first-order chi connectivity index (χ1) is 9.65. The molecule has 0 aliphatic carbocycles. The molecule has 2 aromatic rings. The molecule has 0 spiro atoms. The first-order valence-electron chi connectivity index (χ1n) is 7.24. The summed E-state index contributed by atoms with van der Waals surface area (Å²) >= 11 is 0. The Morgan fingerprint density at radius 1 is 1.35 bits per heavy atom. The Morgan fingerprint density at radius 3 is 2.90 bits per heavy atom. The number of aryl methyl sites for hydroxylation is 2. The van der Waals surface area contributed by atoms with Crippen LogP contribution < -0.4 is 10.6 Å². The summed E-state index contributed by atoms with van der Waals surface area (Å²) in [7, 11) is 2.01. The number of rotatable bonds is 2. The van der Waals surface area contributed by atoms with Crippen molar-refractivity contribution in [3.8, 4) is 0 Å². The number of anilines is 1. The molecule has 106 valence electrons. The van der Waals surface area contributed by atoms with Gasteiger partial charge in [0.15, 0.2) is 0 Å². The van der Waals surface area contributed by atoms with E-state index < -0.39 is 0 Å². The summed E-state index contributed by atoms with van der Waals surface area (Å²) in [4.78, 5) is 2.43. The number of hydrogen-bond acceptors (Lipinski definition) is 3. The van der Waals surface area contributed by atoms with E-state index in [-0.39, 0.29) is 6.04 Å². The predicted octanol–water partition coefficient (Wildman–Crippen LogP) is 2.53. The van der Waals surface area contributed by atoms with Crippen LogP contribution in [0.1, 0.15) is 35.8 Å². The number of benzene rings is 1. The van der Waals surface area contributed by atoms with Crippen molar-refractivity contribution >= 4 is 5.69 Å². The Kier molecular flexibility index (Phi) is 3.49. The van der Waals surface area contributed by atoms with Gasteiger partial charge in [-0.05, 0) is 37.5 Å². The summed E-state index contributed by atoms with van der Waals surface area (Å²) < 4.78 is 1.97. The van der Waals surface area contributed by atoms with Gasteiger partial charge in [0.05, 0.1) is 17.9 Å². The predicted molar refractivity (Wildman–Crippen MR) is 81.6 cm³/mol. The zero-order valence-electron chi connectivity index (χ0n) is 12.2. The van der Waals surface area contributed by atoms with Crippen LogP contribution in [0.2, 0.25) is 0 Å². The number of fused-ring (bicyclic) bond motifs is 1. The van der Waals surface area contributed by atoms with Gasteiger partial charge in [-0.1, -0.05) is 18.2 Å². The van der Waals surface area contributed by atoms with E-state index in [0.717, 1.165) is 31.6 Å². The van der Waals surface area contributed by atoms with Gasteiger partial charge in [-0.2, -0.15) is 5.10 Å². The molecule has 1 aromatic heterocycles. The third kappa shape index (κ3) is 2.43. The normalized spacial score (nSPS) is 18.8. The van der Waals surface area contributed by atoms with Crippen LogP contribution in [0.4, 0.5) is 5.69 Å². The minimum Gasteiger partial charge on any atom is -0.365 e. The smallest absolute Gasteiger partial charge is 0.0599 e. The van der Waals surface area contributed by atoms with Crippen molar-refractivity contribution in [1.82, 2.24) is 9.78 Å². The Morgan fingerprint density at radius 2 is 2.15 bits per heavy atom. The molecule has 0 saturated carbocycles. The summed E-state index contributed by atoms with van der Waals surface area (Å²) in [6.07, 6.45) is 2.19. The van der Waals surface area contributed by atoms with E-state index >= 15 is 0 Å². The van der Waals surface area contributed by atoms with Crippen LogP contribution in [0, 0.1) is 6.92 Å². The van der Waals surface area contributed by atoms with Crippen molar-refractivity contribution in [3.05, 3.63) is 47.3 Å². The third-order valence-electron chi connectivity index (χ3n) is 4.07. The maximum absolute atomic E-state index is 6.29. The highest BCUT2D eigenvalue weighted by Gasteiger charge is 2.20. The summed E-state index contributed by atoms with van der Waals surface area (Å²) in [5.74, 6) is 0. The van der Waals surface area contributed by atoms with Crippen LogP contribution in [0.15, 0.2) is 30.3 Å². The number of aromatic nitrogens is 2. The highest BCUT2D eigenvalue weighted by atomic mass is 15.3. The minimum absolute atomic E-state index is 0.157. The Hall–Kier alpha value is -1.81. The Labute approximate surface area is 120 Å². The van der Waals surface area contributed by atoms with Gasteiger partial charge in [0.1, 0.15) is 0 Å². The molecule has 4 heteroatoms. The first kappa shape index (κ1) is 13.2. The molecule has 4 nitrogen and oxygen atoms in total. The topological polar surface area (TPSA) is 47.1 Å². The van der Waals surface area contributed by atoms with Gasteiger partial charge in [0.25, 0.3) is 0 Å². The molecular formula is C16H22N4. The van der Waals surface area contributed by atoms with Crippen LogP contribution in [-0.2, 0) is 13.6 Å². The van der Waals surface area contributed by atoms with E-state index in [1.54, 1.807) is 0 Å². The zero-order chi connectivity index (χ0) is 14.1. The largest absolute Gasteiger partial charge is 0.365 e. The molecule has 0 radical (unpaired) electrons. The zero-order valence-corrected chi connectivity index (χ0v) is 12.2. The molecular weight excluding hydrogens is 248 g/mol. The number of para-hydroxylation sites is 1. The molecule has 0 amide bonds. The van der Waals surface area contributed by atoms with Crippen molar-refractivity contribution < 1.29 is 0 Å². The lowest BCUT2D eigenvalue weighted by Gasteiger charge is -2.25. The lowest BCUT2D eigenvalue weighted by atomic mass is 10.0. The van der Waals surface area contributed by atoms with Crippen LogP contribution in [0.25, 0.3) is 0 Å². The van der Waals surface area contributed by atoms with E-state index in [4.69, 9.17) is 5.73 Å². The Balaban J connectivity index is 1.93. The van der Waals surface area contributed by atoms with Gasteiger partial charge in [-0.15, -0.1) is 0 Å².